The van der Waals surface area contributed by atoms with Gasteiger partial charge in [-0.05, 0) is 42.5 Å². The van der Waals surface area contributed by atoms with Gasteiger partial charge in [0.15, 0.2) is 7.05 Å². The zero-order valence-corrected chi connectivity index (χ0v) is 16.9. The van der Waals surface area contributed by atoms with E-state index in [0.717, 1.165) is 28.3 Å². The van der Waals surface area contributed by atoms with Gasteiger partial charge in [0.2, 0.25) is 5.69 Å². The zero-order chi connectivity index (χ0) is 20.0. The van der Waals surface area contributed by atoms with E-state index in [2.05, 4.69) is 100 Å². The van der Waals surface area contributed by atoms with E-state index in [1.807, 2.05) is 20.2 Å². The predicted octanol–water partition coefficient (Wildman–Crippen LogP) is 4.52. The molecule has 0 atom stereocenters. The molecule has 0 bridgehead atoms. The van der Waals surface area contributed by atoms with Crippen LogP contribution in [0.5, 0.6) is 0 Å². The Kier molecular flexibility index (Phi) is 4.06. The highest BCUT2D eigenvalue weighted by atomic mass is 15.4. The molecule has 0 fully saturated rings. The van der Waals surface area contributed by atoms with Gasteiger partial charge in [0.05, 0.1) is 5.69 Å². The van der Waals surface area contributed by atoms with Crippen LogP contribution in [-0.4, -0.2) is 24.5 Å². The topological polar surface area (TPSA) is 24.4 Å². The molecule has 3 aromatic carbocycles. The van der Waals surface area contributed by atoms with Crippen molar-refractivity contribution in [3.8, 4) is 16.9 Å². The minimum absolute atomic E-state index is 0.957. The number of hydrogen-bond donors (Lipinski definition) is 0. The lowest BCUT2D eigenvalue weighted by Gasteiger charge is -2.11. The van der Waals surface area contributed by atoms with Crippen LogP contribution in [-0.2, 0) is 7.05 Å². The maximum Gasteiger partial charge on any atom is 0.239 e. The fourth-order valence-corrected chi connectivity index (χ4v) is 3.96. The summed E-state index contributed by atoms with van der Waals surface area (Å²) in [7, 11) is 6.20. The summed E-state index contributed by atoms with van der Waals surface area (Å²) in [6.07, 6.45) is 0. The lowest BCUT2D eigenvalue weighted by Crippen LogP contribution is -2.39. The van der Waals surface area contributed by atoms with Crippen molar-refractivity contribution in [2.45, 2.75) is 0 Å². The van der Waals surface area contributed by atoms with Gasteiger partial charge in [0, 0.05) is 37.0 Å². The van der Waals surface area contributed by atoms with E-state index in [-0.39, 0.29) is 0 Å². The average Bonchev–Trinajstić information content (AvgIpc) is 3.25. The molecule has 0 spiro atoms. The molecule has 0 unspecified atom stereocenters. The van der Waals surface area contributed by atoms with Gasteiger partial charge in [0.1, 0.15) is 17.1 Å². The number of para-hydroxylation sites is 1. The van der Waals surface area contributed by atoms with E-state index in [1.165, 1.54) is 16.9 Å². The first-order valence-corrected chi connectivity index (χ1v) is 9.77. The van der Waals surface area contributed by atoms with E-state index < -0.39 is 0 Å². The molecule has 4 heteroatoms. The molecule has 0 amide bonds. The van der Waals surface area contributed by atoms with Crippen molar-refractivity contribution < 1.29 is 4.68 Å². The fourth-order valence-electron chi connectivity index (χ4n) is 3.96. The van der Waals surface area contributed by atoms with Crippen LogP contribution in [0.25, 0.3) is 16.9 Å². The normalized spacial score (nSPS) is 13.4. The number of benzene rings is 3. The van der Waals surface area contributed by atoms with Gasteiger partial charge in [0.25, 0.3) is 0 Å². The van der Waals surface area contributed by atoms with E-state index in [1.54, 1.807) is 0 Å². The predicted molar refractivity (Wildman–Crippen MR) is 118 cm³/mol. The number of fused-ring (bicyclic) bond motifs is 3. The molecule has 0 aliphatic carbocycles. The summed E-state index contributed by atoms with van der Waals surface area (Å²) in [6, 6.07) is 29.6. The third kappa shape index (κ3) is 2.85. The Bertz CT molecular complexity index is 1220. The molecule has 142 valence electrons. The summed E-state index contributed by atoms with van der Waals surface area (Å²) >= 11 is 0. The molecule has 1 aliphatic rings. The number of anilines is 1. The number of aliphatic imine (C=N–C) groups is 1. The minimum atomic E-state index is 0.957. The number of aromatic nitrogens is 2. The Hall–Kier alpha value is -3.66. The highest BCUT2D eigenvalue weighted by Gasteiger charge is 2.34. The van der Waals surface area contributed by atoms with Crippen LogP contribution < -0.4 is 9.58 Å². The maximum absolute atomic E-state index is 5.05. The Balaban J connectivity index is 1.68. The molecule has 0 saturated heterocycles. The van der Waals surface area contributed by atoms with Crippen LogP contribution >= 0.6 is 0 Å². The van der Waals surface area contributed by atoms with Crippen LogP contribution in [0.15, 0.2) is 89.9 Å². The number of nitrogens with zero attached hydrogens (tertiary/aromatic N) is 4. The summed E-state index contributed by atoms with van der Waals surface area (Å²) in [5.74, 6) is 0. The van der Waals surface area contributed by atoms with Gasteiger partial charge < -0.3 is 4.90 Å². The van der Waals surface area contributed by atoms with Crippen LogP contribution in [0.1, 0.15) is 11.3 Å². The third-order valence-corrected chi connectivity index (χ3v) is 5.46. The number of hydrogen-bond acceptors (Lipinski definition) is 2. The van der Waals surface area contributed by atoms with E-state index in [9.17, 15) is 0 Å². The second kappa shape index (κ2) is 6.74. The quantitative estimate of drug-likeness (QED) is 0.423. The Morgan fingerprint density at radius 3 is 2.24 bits per heavy atom. The molecular formula is C25H23N4+. The summed E-state index contributed by atoms with van der Waals surface area (Å²) in [5, 5.41) is 0. The van der Waals surface area contributed by atoms with Crippen LogP contribution in [0.2, 0.25) is 0 Å². The fraction of sp³-hybridized carbons (Fsp3) is 0.120. The minimum Gasteiger partial charge on any atom is -0.378 e. The Labute approximate surface area is 171 Å². The smallest absolute Gasteiger partial charge is 0.239 e. The molecule has 5 rings (SSSR count). The third-order valence-electron chi connectivity index (χ3n) is 5.46. The first kappa shape index (κ1) is 17.4. The second-order valence-corrected chi connectivity index (χ2v) is 7.50. The van der Waals surface area contributed by atoms with E-state index in [0.29, 0.717) is 0 Å². The van der Waals surface area contributed by atoms with E-state index >= 15 is 0 Å². The van der Waals surface area contributed by atoms with Crippen molar-refractivity contribution in [3.63, 3.8) is 0 Å². The molecular weight excluding hydrogens is 356 g/mol. The van der Waals surface area contributed by atoms with Crippen molar-refractivity contribution in [1.82, 2.24) is 4.68 Å². The monoisotopic (exact) mass is 379 g/mol. The van der Waals surface area contributed by atoms with E-state index in [4.69, 9.17) is 4.99 Å². The first-order valence-electron chi connectivity index (χ1n) is 9.77. The zero-order valence-electron chi connectivity index (χ0n) is 16.9. The van der Waals surface area contributed by atoms with Crippen molar-refractivity contribution >= 4 is 17.1 Å². The molecule has 0 saturated carbocycles. The first-order chi connectivity index (χ1) is 14.1. The molecule has 2 heterocycles. The molecule has 29 heavy (non-hydrogen) atoms. The number of rotatable bonds is 3. The SMILES string of the molecule is CN(C)c1ccc(N=C2c3ccccc3-n3c2cc(-c2ccccc2)[n+]3C)cc1. The van der Waals surface area contributed by atoms with Crippen molar-refractivity contribution in [1.29, 1.82) is 0 Å². The largest absolute Gasteiger partial charge is 0.378 e. The van der Waals surface area contributed by atoms with Crippen molar-refractivity contribution in [3.05, 3.63) is 96.2 Å². The van der Waals surface area contributed by atoms with Gasteiger partial charge >= 0.3 is 0 Å². The standard InChI is InChI=1S/C25H23N4/c1-27(2)20-15-13-19(14-16-20)26-25-21-11-7-8-12-22(21)29-24(25)17-23(28(29)3)18-9-5-4-6-10-18/h4-17H,1-3H3/q+1. The van der Waals surface area contributed by atoms with Gasteiger partial charge in [-0.3, -0.25) is 0 Å². The highest BCUT2D eigenvalue weighted by molar-refractivity contribution is 6.18. The summed E-state index contributed by atoms with van der Waals surface area (Å²) < 4.78 is 4.46. The van der Waals surface area contributed by atoms with Gasteiger partial charge in [-0.15, -0.1) is 9.36 Å². The van der Waals surface area contributed by atoms with Gasteiger partial charge in [-0.1, -0.05) is 36.4 Å². The van der Waals surface area contributed by atoms with Crippen LogP contribution in [0.4, 0.5) is 11.4 Å². The molecule has 4 aromatic rings. The van der Waals surface area contributed by atoms with Gasteiger partial charge in [-0.25, -0.2) is 4.99 Å². The molecule has 4 nitrogen and oxygen atoms in total. The lowest BCUT2D eigenvalue weighted by molar-refractivity contribution is -0.734. The molecule has 1 aromatic heterocycles. The maximum atomic E-state index is 5.05. The summed E-state index contributed by atoms with van der Waals surface area (Å²) in [5.41, 5.74) is 8.95. The van der Waals surface area contributed by atoms with Crippen molar-refractivity contribution in [2.75, 3.05) is 19.0 Å². The highest BCUT2D eigenvalue weighted by Crippen LogP contribution is 2.32. The Morgan fingerprint density at radius 2 is 1.52 bits per heavy atom. The Morgan fingerprint density at radius 1 is 0.828 bits per heavy atom. The van der Waals surface area contributed by atoms with Crippen molar-refractivity contribution in [2.24, 2.45) is 12.0 Å². The molecule has 0 N–H and O–H groups in total. The lowest BCUT2D eigenvalue weighted by atomic mass is 10.1. The second-order valence-electron chi connectivity index (χ2n) is 7.50. The van der Waals surface area contributed by atoms with Gasteiger partial charge in [-0.2, -0.15) is 0 Å². The molecule has 0 radical (unpaired) electrons. The average molecular weight is 379 g/mol. The van der Waals surface area contributed by atoms with Crippen LogP contribution in [0, 0.1) is 0 Å². The summed E-state index contributed by atoms with van der Waals surface area (Å²) in [6.45, 7) is 0. The van der Waals surface area contributed by atoms with Crippen LogP contribution in [0.3, 0.4) is 0 Å². The molecule has 1 aliphatic heterocycles. The summed E-state index contributed by atoms with van der Waals surface area (Å²) in [4.78, 5) is 7.15.